The second-order valence-electron chi connectivity index (χ2n) is 17.3. The average molecular weight is 987 g/mol. The molecule has 0 aromatic rings. The molecule has 2 aliphatic rings. The molecule has 11 atom stereocenters. The lowest BCUT2D eigenvalue weighted by Gasteiger charge is -2.42. The highest BCUT2D eigenvalue weighted by Gasteiger charge is 2.47. The van der Waals surface area contributed by atoms with E-state index in [-0.39, 0.29) is 19.4 Å². The van der Waals surface area contributed by atoms with Crippen LogP contribution < -0.4 is 0 Å². The zero-order valence-electron chi connectivity index (χ0n) is 41.7. The van der Waals surface area contributed by atoms with E-state index in [2.05, 4.69) is 111 Å². The summed E-state index contributed by atoms with van der Waals surface area (Å²) in [5.74, 6) is -1.08. The van der Waals surface area contributed by atoms with Gasteiger partial charge in [0.05, 0.1) is 19.8 Å². The van der Waals surface area contributed by atoms with Gasteiger partial charge in [-0.3, -0.25) is 9.59 Å². The van der Waals surface area contributed by atoms with Crippen LogP contribution in [0.2, 0.25) is 0 Å². The van der Waals surface area contributed by atoms with Crippen molar-refractivity contribution in [2.75, 3.05) is 26.4 Å². The van der Waals surface area contributed by atoms with Gasteiger partial charge in [-0.25, -0.2) is 0 Å². The minimum absolute atomic E-state index is 0.0772. The fourth-order valence-corrected chi connectivity index (χ4v) is 7.07. The number of allylic oxidation sites excluding steroid dienone is 18. The normalized spacial score (nSPS) is 26.3. The first kappa shape index (κ1) is 62.3. The van der Waals surface area contributed by atoms with Gasteiger partial charge in [0.25, 0.3) is 0 Å². The quantitative estimate of drug-likeness (QED) is 0.0186. The number of rotatable bonds is 37. The largest absolute Gasteiger partial charge is 0.462 e. The van der Waals surface area contributed by atoms with Crippen molar-refractivity contribution in [3.05, 3.63) is 109 Å². The summed E-state index contributed by atoms with van der Waals surface area (Å²) in [5.41, 5.74) is 0. The van der Waals surface area contributed by atoms with Crippen molar-refractivity contribution in [2.24, 2.45) is 0 Å². The lowest BCUT2D eigenvalue weighted by atomic mass is 9.98. The molecule has 2 fully saturated rings. The summed E-state index contributed by atoms with van der Waals surface area (Å²) in [4.78, 5) is 25.7. The van der Waals surface area contributed by atoms with Gasteiger partial charge in [0.2, 0.25) is 0 Å². The summed E-state index contributed by atoms with van der Waals surface area (Å²) in [6.45, 7) is 2.29. The summed E-state index contributed by atoms with van der Waals surface area (Å²) >= 11 is 0. The Morgan fingerprint density at radius 1 is 0.471 bits per heavy atom. The smallest absolute Gasteiger partial charge is 0.306 e. The Morgan fingerprint density at radius 3 is 1.41 bits per heavy atom. The molecule has 2 aliphatic heterocycles. The van der Waals surface area contributed by atoms with Crippen molar-refractivity contribution in [1.29, 1.82) is 0 Å². The van der Waals surface area contributed by atoms with E-state index >= 15 is 0 Å². The first-order chi connectivity index (χ1) is 34.0. The van der Waals surface area contributed by atoms with Gasteiger partial charge in [0.1, 0.15) is 55.4 Å². The molecule has 4 unspecified atom stereocenters. The van der Waals surface area contributed by atoms with E-state index in [4.69, 9.17) is 28.4 Å². The SMILES string of the molecule is CC/C=C/C/C=C/C/C=C/C/C=C/C/C=C/C/C=C/CCC(=O)OC[C@@H](CO[C@@H]1O[C@H](CO[C@@H]2O[C@H](CO)[C@H](O)C(O)C2O)[C@H](O)C(O)C1O)OC(=O)CCCC/C=C/C/C=C/C/C=C/CCCCC. The topological polar surface area (TPSA) is 231 Å². The number of hydrogen-bond donors (Lipinski definition) is 7. The molecule has 7 N–H and O–H groups in total. The summed E-state index contributed by atoms with van der Waals surface area (Å²) in [7, 11) is 0. The Bertz CT molecular complexity index is 1630. The van der Waals surface area contributed by atoms with Crippen molar-refractivity contribution < 1.29 is 73.8 Å². The maximum absolute atomic E-state index is 13.0. The van der Waals surface area contributed by atoms with Crippen LogP contribution in [-0.4, -0.2) is 142 Å². The maximum Gasteiger partial charge on any atom is 0.306 e. The van der Waals surface area contributed by atoms with E-state index in [0.29, 0.717) is 19.3 Å². The van der Waals surface area contributed by atoms with Gasteiger partial charge >= 0.3 is 11.9 Å². The number of aliphatic hydroxyl groups excluding tert-OH is 7. The molecule has 0 spiro atoms. The Labute approximate surface area is 417 Å². The van der Waals surface area contributed by atoms with Crippen LogP contribution >= 0.6 is 0 Å². The Balaban J connectivity index is 1.87. The van der Waals surface area contributed by atoms with E-state index in [1.54, 1.807) is 0 Å². The fraction of sp³-hybridized carbons (Fsp3) is 0.636. The van der Waals surface area contributed by atoms with Crippen molar-refractivity contribution in [1.82, 2.24) is 0 Å². The minimum atomic E-state index is -1.79. The highest BCUT2D eigenvalue weighted by molar-refractivity contribution is 5.70. The molecule has 2 heterocycles. The number of unbranched alkanes of at least 4 members (excludes halogenated alkanes) is 5. The van der Waals surface area contributed by atoms with Crippen LogP contribution in [0, 0.1) is 0 Å². The van der Waals surface area contributed by atoms with Crippen molar-refractivity contribution >= 4 is 11.9 Å². The molecule has 0 amide bonds. The third-order valence-electron chi connectivity index (χ3n) is 11.2. The number of esters is 2. The van der Waals surface area contributed by atoms with Crippen LogP contribution in [-0.2, 0) is 38.0 Å². The van der Waals surface area contributed by atoms with Gasteiger partial charge < -0.3 is 64.2 Å². The maximum atomic E-state index is 13.0. The highest BCUT2D eigenvalue weighted by atomic mass is 16.7. The van der Waals surface area contributed by atoms with Crippen molar-refractivity contribution in [2.45, 2.75) is 197 Å². The van der Waals surface area contributed by atoms with Crippen molar-refractivity contribution in [3.63, 3.8) is 0 Å². The molecule has 396 valence electrons. The van der Waals surface area contributed by atoms with E-state index in [1.165, 1.54) is 19.3 Å². The molecule has 0 aliphatic carbocycles. The van der Waals surface area contributed by atoms with Crippen LogP contribution in [0.3, 0.4) is 0 Å². The highest BCUT2D eigenvalue weighted by Crippen LogP contribution is 2.26. The van der Waals surface area contributed by atoms with Gasteiger partial charge in [-0.05, 0) is 89.9 Å². The average Bonchev–Trinajstić information content (AvgIpc) is 3.35. The minimum Gasteiger partial charge on any atom is -0.462 e. The van der Waals surface area contributed by atoms with Crippen LogP contribution in [0.5, 0.6) is 0 Å². The van der Waals surface area contributed by atoms with Crippen LogP contribution in [0.1, 0.15) is 129 Å². The molecular weight excluding hydrogens is 901 g/mol. The standard InChI is InChI=1S/C55H86O15/c1-3-5-7-9-11-13-15-17-19-20-21-22-24-25-27-29-31-33-35-37-46(57)65-40-43(68-47(58)38-36-34-32-30-28-26-23-18-16-14-12-10-8-6-4-2)41-66-54-53(64)51(62)49(60)45(70-54)42-67-55-52(63)50(61)48(59)44(39-56)69-55/h5,7,11-14,17-19,21-23,25,27-28,30-31,33,43-45,48-56,59-64H,3-4,6,8-10,15-16,20,24,26,29,32,34-42H2,1-2H3/b7-5+,13-11+,14-12+,19-17+,22-21+,23-18+,27-25+,30-28+,33-31+/t43-,44+,45+,48-,49-,50?,51?,52?,53?,54+,55+/m0/s1. The predicted molar refractivity (Wildman–Crippen MR) is 270 cm³/mol. The molecular formula is C55H86O15. The third kappa shape index (κ3) is 28.3. The molecule has 0 aromatic carbocycles. The first-order valence-electron chi connectivity index (χ1n) is 25.5. The number of carbonyl (C=O) groups excluding carboxylic acids is 2. The van der Waals surface area contributed by atoms with Crippen molar-refractivity contribution in [3.8, 4) is 0 Å². The predicted octanol–water partition coefficient (Wildman–Crippen LogP) is 7.15. The monoisotopic (exact) mass is 987 g/mol. The number of carbonyl (C=O) groups is 2. The third-order valence-corrected chi connectivity index (χ3v) is 11.2. The molecule has 2 rings (SSSR count). The summed E-state index contributed by atoms with van der Waals surface area (Å²) < 4.78 is 33.4. The van der Waals surface area contributed by atoms with Gasteiger partial charge in [-0.1, -0.05) is 136 Å². The van der Waals surface area contributed by atoms with Gasteiger partial charge in [0.15, 0.2) is 18.7 Å². The summed E-state index contributed by atoms with van der Waals surface area (Å²) in [6.07, 6.45) is 35.6. The second-order valence-corrected chi connectivity index (χ2v) is 17.3. The van der Waals surface area contributed by atoms with Gasteiger partial charge in [0, 0.05) is 12.8 Å². The van der Waals surface area contributed by atoms with Crippen LogP contribution in [0.25, 0.3) is 0 Å². The molecule has 15 heteroatoms. The van der Waals surface area contributed by atoms with E-state index in [1.807, 2.05) is 12.2 Å². The lowest BCUT2D eigenvalue weighted by Crippen LogP contribution is -2.61. The Kier molecular flexibility index (Phi) is 36.2. The zero-order chi connectivity index (χ0) is 51.0. The molecule has 2 saturated heterocycles. The molecule has 0 saturated carbocycles. The van der Waals surface area contributed by atoms with Gasteiger partial charge in [-0.15, -0.1) is 0 Å². The first-order valence-corrected chi connectivity index (χ1v) is 25.5. The van der Waals surface area contributed by atoms with Crippen LogP contribution in [0.4, 0.5) is 0 Å². The summed E-state index contributed by atoms with van der Waals surface area (Å²) in [6, 6.07) is 0. The summed E-state index contributed by atoms with van der Waals surface area (Å²) in [5, 5.41) is 72.1. The number of ether oxygens (including phenoxy) is 6. The number of aliphatic hydroxyl groups is 7. The van der Waals surface area contributed by atoms with E-state index in [0.717, 1.165) is 64.2 Å². The van der Waals surface area contributed by atoms with E-state index < -0.39 is 99.3 Å². The molecule has 70 heavy (non-hydrogen) atoms. The Hall–Kier alpha value is -3.84. The van der Waals surface area contributed by atoms with Gasteiger partial charge in [-0.2, -0.15) is 0 Å². The van der Waals surface area contributed by atoms with Crippen LogP contribution in [0.15, 0.2) is 109 Å². The molecule has 15 nitrogen and oxygen atoms in total. The molecule has 0 bridgehead atoms. The lowest BCUT2D eigenvalue weighted by molar-refractivity contribution is -0.332. The Morgan fingerprint density at radius 2 is 0.914 bits per heavy atom. The fourth-order valence-electron chi connectivity index (χ4n) is 7.07. The van der Waals surface area contributed by atoms with E-state index in [9.17, 15) is 45.3 Å². The zero-order valence-corrected chi connectivity index (χ0v) is 41.7. The molecule has 0 radical (unpaired) electrons. The molecule has 0 aromatic heterocycles. The number of hydrogen-bond acceptors (Lipinski definition) is 15. The second kappa shape index (κ2) is 40.7.